The molecule has 1 saturated heterocycles. The lowest BCUT2D eigenvalue weighted by Gasteiger charge is -2.33. The smallest absolute Gasteiger partial charge is 0.269 e. The van der Waals surface area contributed by atoms with Crippen molar-refractivity contribution in [2.45, 2.75) is 11.4 Å². The molecule has 2 amide bonds. The van der Waals surface area contributed by atoms with Gasteiger partial charge in [0.25, 0.3) is 5.91 Å². The Morgan fingerprint density at radius 1 is 0.867 bits per heavy atom. The summed E-state index contributed by atoms with van der Waals surface area (Å²) in [5.74, 6) is -0.0262. The van der Waals surface area contributed by atoms with Gasteiger partial charge in [0.15, 0.2) is 0 Å². The Bertz CT molecular complexity index is 1150. The summed E-state index contributed by atoms with van der Waals surface area (Å²) in [5, 5.41) is 1.01. The summed E-state index contributed by atoms with van der Waals surface area (Å²) in [6, 6.07) is 22.2. The minimum absolute atomic E-state index is 0.0908. The molecule has 7 heteroatoms. The second-order valence-corrected chi connectivity index (χ2v) is 9.09. The highest BCUT2D eigenvalue weighted by molar-refractivity contribution is 8.02. The first kappa shape index (κ1) is 19.5. The largest absolute Gasteiger partial charge is 0.304 e. The first-order valence-corrected chi connectivity index (χ1v) is 11.1. The number of benzene rings is 3. The van der Waals surface area contributed by atoms with Gasteiger partial charge in [-0.1, -0.05) is 65.7 Å². The molecule has 0 saturated carbocycles. The van der Waals surface area contributed by atoms with Gasteiger partial charge in [0.05, 0.1) is 18.0 Å². The maximum absolute atomic E-state index is 14.0. The number of thioether (sulfide) groups is 1. The van der Waals surface area contributed by atoms with Crippen LogP contribution >= 0.6 is 35.0 Å². The van der Waals surface area contributed by atoms with E-state index in [9.17, 15) is 9.59 Å². The summed E-state index contributed by atoms with van der Waals surface area (Å²) in [4.78, 5) is 29.1. The van der Waals surface area contributed by atoms with Crippen LogP contribution in [0.15, 0.2) is 72.8 Å². The van der Waals surface area contributed by atoms with E-state index >= 15 is 0 Å². The summed E-state index contributed by atoms with van der Waals surface area (Å²) in [5.41, 5.74) is 2.95. The molecule has 0 radical (unpaired) electrons. The molecule has 0 N–H and O–H groups in total. The van der Waals surface area contributed by atoms with Gasteiger partial charge in [0.1, 0.15) is 0 Å². The zero-order valence-corrected chi connectivity index (χ0v) is 18.0. The van der Waals surface area contributed by atoms with Gasteiger partial charge >= 0.3 is 0 Å². The number of hydrogen-bond donors (Lipinski definition) is 0. The van der Waals surface area contributed by atoms with Gasteiger partial charge in [-0.15, -0.1) is 11.8 Å². The van der Waals surface area contributed by atoms with Crippen LogP contribution in [0.5, 0.6) is 0 Å². The Hall–Kier alpha value is -2.47. The molecule has 0 bridgehead atoms. The van der Waals surface area contributed by atoms with Crippen molar-refractivity contribution in [3.63, 3.8) is 0 Å². The van der Waals surface area contributed by atoms with E-state index in [1.165, 1.54) is 11.8 Å². The minimum atomic E-state index is -1.14. The van der Waals surface area contributed by atoms with E-state index in [1.807, 2.05) is 54.6 Å². The third kappa shape index (κ3) is 2.77. The highest BCUT2D eigenvalue weighted by Crippen LogP contribution is 2.56. The van der Waals surface area contributed by atoms with E-state index in [4.69, 9.17) is 23.2 Å². The maximum atomic E-state index is 14.0. The van der Waals surface area contributed by atoms with Gasteiger partial charge in [0.2, 0.25) is 10.8 Å². The molecule has 1 atom stereocenters. The summed E-state index contributed by atoms with van der Waals surface area (Å²) in [7, 11) is 0. The Labute approximate surface area is 188 Å². The average Bonchev–Trinajstić information content (AvgIpc) is 3.22. The van der Waals surface area contributed by atoms with Crippen LogP contribution in [0.1, 0.15) is 11.1 Å². The number of anilines is 2. The van der Waals surface area contributed by atoms with E-state index < -0.39 is 4.87 Å². The molecule has 0 aliphatic carbocycles. The van der Waals surface area contributed by atoms with Crippen molar-refractivity contribution in [2.24, 2.45) is 0 Å². The quantitative estimate of drug-likeness (QED) is 0.526. The number of amides is 2. The molecule has 1 spiro atoms. The standard InChI is InChI=1S/C23H16Cl2N2O2S/c24-18-10-6-11-19(25)16(18)13-26-20-12-5-4-9-17(20)23(22(26)29)27(21(28)14-30-23)15-7-2-1-3-8-15/h1-12H,13-14H2. The van der Waals surface area contributed by atoms with Gasteiger partial charge in [0, 0.05) is 26.9 Å². The number of halogens is 2. The van der Waals surface area contributed by atoms with Crippen LogP contribution in [0, 0.1) is 0 Å². The Kier molecular flexibility index (Phi) is 4.77. The fourth-order valence-corrected chi connectivity index (χ4v) is 6.01. The molecule has 0 aromatic heterocycles. The lowest BCUT2D eigenvalue weighted by Crippen LogP contribution is -2.49. The number of hydrogen-bond acceptors (Lipinski definition) is 3. The van der Waals surface area contributed by atoms with Crippen molar-refractivity contribution in [1.29, 1.82) is 0 Å². The lowest BCUT2D eigenvalue weighted by molar-refractivity contribution is -0.123. The molecule has 3 aromatic carbocycles. The molecule has 2 aliphatic rings. The summed E-state index contributed by atoms with van der Waals surface area (Å²) >= 11 is 14.1. The molecular formula is C23H16Cl2N2O2S. The van der Waals surface area contributed by atoms with Crippen LogP contribution in [0.25, 0.3) is 0 Å². The molecule has 2 heterocycles. The predicted octanol–water partition coefficient (Wildman–Crippen LogP) is 5.47. The summed E-state index contributed by atoms with van der Waals surface area (Å²) in [6.07, 6.45) is 0. The van der Waals surface area contributed by atoms with Gasteiger partial charge in [-0.25, -0.2) is 0 Å². The van der Waals surface area contributed by atoms with Crippen LogP contribution < -0.4 is 9.80 Å². The van der Waals surface area contributed by atoms with Crippen LogP contribution in [-0.2, 0) is 21.0 Å². The second-order valence-electron chi connectivity index (χ2n) is 7.11. The van der Waals surface area contributed by atoms with E-state index in [2.05, 4.69) is 0 Å². The Morgan fingerprint density at radius 3 is 2.27 bits per heavy atom. The third-order valence-electron chi connectivity index (χ3n) is 5.46. The van der Waals surface area contributed by atoms with E-state index in [1.54, 1.807) is 28.0 Å². The van der Waals surface area contributed by atoms with Crippen molar-refractivity contribution in [3.8, 4) is 0 Å². The average molecular weight is 455 g/mol. The first-order valence-electron chi connectivity index (χ1n) is 9.40. The van der Waals surface area contributed by atoms with E-state index in [0.717, 1.165) is 11.3 Å². The molecule has 1 unspecified atom stereocenters. The normalized spacial score (nSPS) is 20.3. The minimum Gasteiger partial charge on any atom is -0.304 e. The number of rotatable bonds is 3. The van der Waals surface area contributed by atoms with E-state index in [0.29, 0.717) is 21.3 Å². The molecule has 4 nitrogen and oxygen atoms in total. The molecule has 2 aliphatic heterocycles. The topological polar surface area (TPSA) is 40.6 Å². The molecular weight excluding hydrogens is 439 g/mol. The molecule has 150 valence electrons. The third-order valence-corrected chi connectivity index (χ3v) is 7.55. The van der Waals surface area contributed by atoms with Crippen molar-refractivity contribution in [2.75, 3.05) is 15.6 Å². The van der Waals surface area contributed by atoms with Crippen LogP contribution in [0.3, 0.4) is 0 Å². The Balaban J connectivity index is 1.66. The van der Waals surface area contributed by atoms with Crippen LogP contribution in [-0.4, -0.2) is 17.6 Å². The predicted molar refractivity (Wildman–Crippen MR) is 122 cm³/mol. The summed E-state index contributed by atoms with van der Waals surface area (Å²) < 4.78 is 0. The van der Waals surface area contributed by atoms with E-state index in [-0.39, 0.29) is 24.1 Å². The first-order chi connectivity index (χ1) is 14.5. The molecule has 30 heavy (non-hydrogen) atoms. The van der Waals surface area contributed by atoms with Crippen molar-refractivity contribution in [1.82, 2.24) is 0 Å². The fourth-order valence-electron chi connectivity index (χ4n) is 4.13. The van der Waals surface area contributed by atoms with Gasteiger partial charge < -0.3 is 4.90 Å². The molecule has 3 aromatic rings. The summed E-state index contributed by atoms with van der Waals surface area (Å²) in [6.45, 7) is 0.230. The van der Waals surface area contributed by atoms with Gasteiger partial charge in [-0.3, -0.25) is 14.5 Å². The Morgan fingerprint density at radius 2 is 1.53 bits per heavy atom. The van der Waals surface area contributed by atoms with Gasteiger partial charge in [-0.05, 0) is 30.3 Å². The zero-order chi connectivity index (χ0) is 20.9. The fraction of sp³-hybridized carbons (Fsp3) is 0.130. The number of fused-ring (bicyclic) bond motifs is 2. The monoisotopic (exact) mass is 454 g/mol. The zero-order valence-electron chi connectivity index (χ0n) is 15.7. The van der Waals surface area contributed by atoms with Crippen molar-refractivity contribution >= 4 is 58.2 Å². The molecule has 1 fully saturated rings. The highest BCUT2D eigenvalue weighted by atomic mass is 35.5. The van der Waals surface area contributed by atoms with Crippen LogP contribution in [0.2, 0.25) is 10.0 Å². The lowest BCUT2D eigenvalue weighted by atomic mass is 10.0. The van der Waals surface area contributed by atoms with Gasteiger partial charge in [-0.2, -0.15) is 0 Å². The number of para-hydroxylation sites is 2. The maximum Gasteiger partial charge on any atom is 0.269 e. The van der Waals surface area contributed by atoms with Crippen LogP contribution in [0.4, 0.5) is 11.4 Å². The second kappa shape index (κ2) is 7.34. The number of carbonyl (C=O) groups is 2. The SMILES string of the molecule is O=C1CSC2(C(=O)N(Cc3c(Cl)cccc3Cl)c3ccccc32)N1c1ccccc1. The molecule has 5 rings (SSSR count). The van der Waals surface area contributed by atoms with Crippen molar-refractivity contribution in [3.05, 3.63) is 94.0 Å². The number of carbonyl (C=O) groups excluding carboxylic acids is 2. The number of nitrogens with zero attached hydrogens (tertiary/aromatic N) is 2. The highest BCUT2D eigenvalue weighted by Gasteiger charge is 2.60. The van der Waals surface area contributed by atoms with Crippen molar-refractivity contribution < 1.29 is 9.59 Å².